The predicted octanol–water partition coefficient (Wildman–Crippen LogP) is 14.2. The Morgan fingerprint density at radius 3 is 1.33 bits per heavy atom. The number of benzene rings is 7. The van der Waals surface area contributed by atoms with Crippen molar-refractivity contribution in [1.82, 2.24) is 4.98 Å². The molecule has 0 atom stereocenters. The Balaban J connectivity index is 1.07. The average molecular weight is 755 g/mol. The van der Waals surface area contributed by atoms with Crippen LogP contribution in [0.5, 0.6) is 0 Å². The summed E-state index contributed by atoms with van der Waals surface area (Å²) in [5, 5.41) is 1.10. The Hall–Kier alpha value is -5.27. The summed E-state index contributed by atoms with van der Waals surface area (Å²) in [4.78, 5) is 15.1. The number of pyridine rings is 1. The Bertz CT molecular complexity index is 2530. The van der Waals surface area contributed by atoms with Crippen LogP contribution >= 0.6 is 39.5 Å². The van der Waals surface area contributed by atoms with Crippen LogP contribution in [0.15, 0.2) is 194 Å². The summed E-state index contributed by atoms with van der Waals surface area (Å²) < 4.78 is 1.04. The molecule has 8 aromatic rings. The second-order valence-electron chi connectivity index (χ2n) is 12.6. The van der Waals surface area contributed by atoms with Gasteiger partial charge in [0.1, 0.15) is 0 Å². The van der Waals surface area contributed by atoms with Crippen molar-refractivity contribution in [3.05, 3.63) is 174 Å². The molecule has 10 rings (SSSR count). The largest absolute Gasteiger partial charge is 0.308 e. The molecule has 0 saturated carbocycles. The smallest absolute Gasteiger partial charge is 0.0788 e. The van der Waals surface area contributed by atoms with E-state index >= 15 is 0 Å². The van der Waals surface area contributed by atoms with Gasteiger partial charge in [-0.05, 0) is 103 Å². The normalized spacial score (nSPS) is 13.0. The zero-order valence-corrected chi connectivity index (χ0v) is 30.4. The third kappa shape index (κ3) is 5.33. The third-order valence-electron chi connectivity index (χ3n) is 9.48. The number of rotatable bonds is 4. The van der Waals surface area contributed by atoms with Crippen molar-refractivity contribution in [3.8, 4) is 22.4 Å². The number of halogens is 1. The Kier molecular flexibility index (Phi) is 7.49. The topological polar surface area (TPSA) is 19.4 Å². The van der Waals surface area contributed by atoms with Crippen LogP contribution in [0.2, 0.25) is 0 Å². The molecule has 0 radical (unpaired) electrons. The van der Waals surface area contributed by atoms with E-state index in [9.17, 15) is 0 Å². The minimum absolute atomic E-state index is 0.962. The van der Waals surface area contributed by atoms with Gasteiger partial charge in [0.2, 0.25) is 0 Å². The number of hydrogen-bond acceptors (Lipinski definition) is 5. The molecule has 0 bridgehead atoms. The Morgan fingerprint density at radius 1 is 0.431 bits per heavy atom. The highest BCUT2D eigenvalue weighted by Gasteiger charge is 2.26. The minimum atomic E-state index is 0.962. The first-order valence-corrected chi connectivity index (χ1v) is 19.2. The summed E-state index contributed by atoms with van der Waals surface area (Å²) in [6.45, 7) is 0. The fraction of sp³-hybridized carbons (Fsp3) is 0. The molecule has 3 heterocycles. The lowest BCUT2D eigenvalue weighted by Crippen LogP contribution is -2.14. The van der Waals surface area contributed by atoms with Crippen LogP contribution in [-0.4, -0.2) is 4.98 Å². The zero-order chi connectivity index (χ0) is 33.9. The molecule has 242 valence electrons. The van der Waals surface area contributed by atoms with Gasteiger partial charge in [0.05, 0.1) is 34.0 Å². The van der Waals surface area contributed by atoms with Crippen LogP contribution in [0, 0.1) is 0 Å². The van der Waals surface area contributed by atoms with Crippen molar-refractivity contribution in [3.63, 3.8) is 0 Å². The van der Waals surface area contributed by atoms with Gasteiger partial charge in [0, 0.05) is 51.9 Å². The number of aromatic nitrogens is 1. The molecule has 0 unspecified atom stereocenters. The molecule has 2 aliphatic heterocycles. The molecule has 0 amide bonds. The van der Waals surface area contributed by atoms with Gasteiger partial charge in [-0.3, -0.25) is 0 Å². The van der Waals surface area contributed by atoms with E-state index < -0.39 is 0 Å². The van der Waals surface area contributed by atoms with Crippen LogP contribution in [0.3, 0.4) is 0 Å². The predicted molar refractivity (Wildman–Crippen MR) is 218 cm³/mol. The highest BCUT2D eigenvalue weighted by molar-refractivity contribution is 9.10. The van der Waals surface area contributed by atoms with Crippen molar-refractivity contribution in [2.45, 2.75) is 19.6 Å². The monoisotopic (exact) mass is 753 g/mol. The summed E-state index contributed by atoms with van der Waals surface area (Å²) in [5.41, 5.74) is 12.3. The quantitative estimate of drug-likeness (QED) is 0.178. The van der Waals surface area contributed by atoms with Crippen LogP contribution in [0.4, 0.5) is 34.1 Å². The van der Waals surface area contributed by atoms with Gasteiger partial charge in [0.15, 0.2) is 0 Å². The molecule has 1 aromatic heterocycles. The van der Waals surface area contributed by atoms with E-state index in [0.29, 0.717) is 0 Å². The van der Waals surface area contributed by atoms with Crippen LogP contribution in [-0.2, 0) is 0 Å². The van der Waals surface area contributed by atoms with Crippen molar-refractivity contribution >= 4 is 84.5 Å². The zero-order valence-electron chi connectivity index (χ0n) is 27.2. The molecule has 0 fully saturated rings. The number of para-hydroxylation sites is 4. The number of nitrogens with zero attached hydrogens (tertiary/aromatic N) is 3. The van der Waals surface area contributed by atoms with Crippen LogP contribution < -0.4 is 9.80 Å². The van der Waals surface area contributed by atoms with Gasteiger partial charge >= 0.3 is 0 Å². The lowest BCUT2D eigenvalue weighted by atomic mass is 9.96. The summed E-state index contributed by atoms with van der Waals surface area (Å²) in [5.74, 6) is 0. The maximum absolute atomic E-state index is 5.30. The van der Waals surface area contributed by atoms with Gasteiger partial charge < -0.3 is 9.80 Å². The molecule has 7 aromatic carbocycles. The van der Waals surface area contributed by atoms with Crippen molar-refractivity contribution in [2.24, 2.45) is 0 Å². The van der Waals surface area contributed by atoms with E-state index in [0.717, 1.165) is 49.1 Å². The first-order chi connectivity index (χ1) is 25.2. The molecule has 0 saturated heterocycles. The fourth-order valence-electron chi connectivity index (χ4n) is 7.11. The summed E-state index contributed by atoms with van der Waals surface area (Å²) in [6, 6.07) is 61.0. The summed E-state index contributed by atoms with van der Waals surface area (Å²) >= 11 is 7.34. The fourth-order valence-corrected chi connectivity index (χ4v) is 9.61. The number of hydrogen-bond donors (Lipinski definition) is 0. The molecule has 0 aliphatic carbocycles. The van der Waals surface area contributed by atoms with E-state index in [2.05, 4.69) is 196 Å². The Morgan fingerprint density at radius 2 is 0.863 bits per heavy atom. The van der Waals surface area contributed by atoms with E-state index in [-0.39, 0.29) is 0 Å². The van der Waals surface area contributed by atoms with Gasteiger partial charge in [-0.2, -0.15) is 0 Å². The van der Waals surface area contributed by atoms with E-state index in [4.69, 9.17) is 4.98 Å². The average Bonchev–Trinajstić information content (AvgIpc) is 3.18. The summed E-state index contributed by atoms with van der Waals surface area (Å²) in [6.07, 6.45) is 0. The first-order valence-electron chi connectivity index (χ1n) is 16.8. The standard InChI is InChI=1S/C45H28BrN3S2/c46-32-21-26-36-31(27-32)28-35(29-17-22-33(23-18-29)48-37-9-1-5-13-41(37)50-42-14-6-2-10-38(42)48)45(47-36)30-19-24-34(25-20-30)49-39-11-3-7-15-43(39)51-44-16-8-4-12-40(44)49/h1-28H. The van der Waals surface area contributed by atoms with E-state index in [1.807, 2.05) is 23.5 Å². The minimum Gasteiger partial charge on any atom is -0.308 e. The second kappa shape index (κ2) is 12.5. The Labute approximate surface area is 313 Å². The van der Waals surface area contributed by atoms with E-state index in [1.54, 1.807) is 0 Å². The maximum Gasteiger partial charge on any atom is 0.0788 e. The molecular formula is C45H28BrN3S2. The van der Waals surface area contributed by atoms with Crippen molar-refractivity contribution in [2.75, 3.05) is 9.80 Å². The lowest BCUT2D eigenvalue weighted by molar-refractivity contribution is 1.16. The maximum atomic E-state index is 5.30. The van der Waals surface area contributed by atoms with Gasteiger partial charge in [0.25, 0.3) is 0 Å². The number of fused-ring (bicyclic) bond motifs is 5. The van der Waals surface area contributed by atoms with Gasteiger partial charge in [-0.1, -0.05) is 112 Å². The third-order valence-corrected chi connectivity index (χ3v) is 12.2. The highest BCUT2D eigenvalue weighted by atomic mass is 79.9. The van der Waals surface area contributed by atoms with Gasteiger partial charge in [-0.25, -0.2) is 4.98 Å². The highest BCUT2D eigenvalue weighted by Crippen LogP contribution is 2.53. The SMILES string of the molecule is Brc1ccc2nc(-c3ccc(N4c5ccccc5Sc5ccccc54)cc3)c(-c3ccc(N4c5ccccc5Sc5ccccc54)cc3)cc2c1. The number of anilines is 6. The molecule has 6 heteroatoms. The van der Waals surface area contributed by atoms with Gasteiger partial charge in [-0.15, -0.1) is 0 Å². The van der Waals surface area contributed by atoms with E-state index in [1.165, 1.54) is 42.3 Å². The van der Waals surface area contributed by atoms with Crippen molar-refractivity contribution < 1.29 is 0 Å². The molecule has 2 aliphatic rings. The molecular weight excluding hydrogens is 727 g/mol. The van der Waals surface area contributed by atoms with Crippen LogP contribution in [0.25, 0.3) is 33.3 Å². The summed E-state index contributed by atoms with van der Waals surface area (Å²) in [7, 11) is 0. The van der Waals surface area contributed by atoms with Crippen LogP contribution in [0.1, 0.15) is 0 Å². The van der Waals surface area contributed by atoms with Crippen molar-refractivity contribution in [1.29, 1.82) is 0 Å². The molecule has 3 nitrogen and oxygen atoms in total. The first kappa shape index (κ1) is 30.5. The molecule has 51 heavy (non-hydrogen) atoms. The molecule has 0 N–H and O–H groups in total. The second-order valence-corrected chi connectivity index (χ2v) is 15.6. The lowest BCUT2D eigenvalue weighted by Gasteiger charge is -2.33. The molecule has 0 spiro atoms.